The highest BCUT2D eigenvalue weighted by atomic mass is 15.1. The maximum Gasteiger partial charge on any atom is 0.0287 e. The zero-order valence-electron chi connectivity index (χ0n) is 14.1. The van der Waals surface area contributed by atoms with E-state index in [9.17, 15) is 0 Å². The largest absolute Gasteiger partial charge is 0.374 e. The number of allylic oxidation sites excluding steroid dienone is 1. The molecule has 1 nitrogen and oxygen atoms in total. The lowest BCUT2D eigenvalue weighted by Crippen LogP contribution is -2.37. The molecule has 1 saturated carbocycles. The Balaban J connectivity index is 1.66. The van der Waals surface area contributed by atoms with Crippen molar-refractivity contribution in [3.05, 3.63) is 42.1 Å². The lowest BCUT2D eigenvalue weighted by Gasteiger charge is -2.38. The summed E-state index contributed by atoms with van der Waals surface area (Å²) in [5, 5.41) is 0. The van der Waals surface area contributed by atoms with Crippen molar-refractivity contribution in [3.8, 4) is 0 Å². The second-order valence-corrected chi connectivity index (χ2v) is 7.31. The number of likely N-dealkylation sites (tertiary alicyclic amines) is 1. The zero-order chi connectivity index (χ0) is 15.2. The van der Waals surface area contributed by atoms with Gasteiger partial charge in [0.25, 0.3) is 0 Å². The average Bonchev–Trinajstić information content (AvgIpc) is 2.58. The van der Waals surface area contributed by atoms with E-state index in [0.29, 0.717) is 0 Å². The molecule has 0 aromatic heterocycles. The topological polar surface area (TPSA) is 3.24 Å². The van der Waals surface area contributed by atoms with Crippen molar-refractivity contribution in [2.24, 2.45) is 5.92 Å². The first kappa shape index (κ1) is 15.6. The second kappa shape index (κ2) is 7.85. The molecule has 0 spiro atoms. The molecule has 0 radical (unpaired) electrons. The van der Waals surface area contributed by atoms with Crippen LogP contribution in [0.3, 0.4) is 0 Å². The van der Waals surface area contributed by atoms with E-state index in [4.69, 9.17) is 0 Å². The molecule has 1 aliphatic heterocycles. The van der Waals surface area contributed by atoms with Crippen LogP contribution in [-0.2, 0) is 0 Å². The molecule has 0 N–H and O–H groups in total. The smallest absolute Gasteiger partial charge is 0.0287 e. The molecule has 1 unspecified atom stereocenters. The van der Waals surface area contributed by atoms with Crippen molar-refractivity contribution in [1.29, 1.82) is 0 Å². The van der Waals surface area contributed by atoms with E-state index >= 15 is 0 Å². The van der Waals surface area contributed by atoms with Crippen LogP contribution in [0.25, 0.3) is 5.57 Å². The second-order valence-electron chi connectivity index (χ2n) is 7.31. The van der Waals surface area contributed by atoms with Crippen molar-refractivity contribution in [3.63, 3.8) is 0 Å². The Kier molecular flexibility index (Phi) is 5.58. The van der Waals surface area contributed by atoms with Crippen molar-refractivity contribution >= 4 is 5.57 Å². The summed E-state index contributed by atoms with van der Waals surface area (Å²) >= 11 is 0. The maximum absolute atomic E-state index is 2.67. The number of benzene rings is 1. The standard InChI is InChI=1S/C21H31N/c1-18(20-12-6-3-7-13-20)17-22-15-9-8-14-21(22)16-19-10-4-2-5-11-19/h3,6-7,12-13,17,19,21H,2,4-5,8-11,14-16H2,1H3/b18-17+. The molecule has 1 aromatic rings. The Labute approximate surface area is 136 Å². The van der Waals surface area contributed by atoms with Gasteiger partial charge in [-0.05, 0) is 49.7 Å². The summed E-state index contributed by atoms with van der Waals surface area (Å²) in [7, 11) is 0. The van der Waals surface area contributed by atoms with Crippen LogP contribution in [0.15, 0.2) is 36.5 Å². The lowest BCUT2D eigenvalue weighted by atomic mass is 9.82. The van der Waals surface area contributed by atoms with E-state index in [1.807, 2.05) is 0 Å². The molecule has 22 heavy (non-hydrogen) atoms. The Morgan fingerprint density at radius 3 is 2.50 bits per heavy atom. The summed E-state index contributed by atoms with van der Waals surface area (Å²) in [5.41, 5.74) is 2.78. The normalized spacial score (nSPS) is 24.5. The van der Waals surface area contributed by atoms with Crippen LogP contribution in [0.5, 0.6) is 0 Å². The molecular weight excluding hydrogens is 266 g/mol. The van der Waals surface area contributed by atoms with Gasteiger partial charge in [0.15, 0.2) is 0 Å². The molecule has 1 heterocycles. The highest BCUT2D eigenvalue weighted by Gasteiger charge is 2.24. The van der Waals surface area contributed by atoms with Gasteiger partial charge in [-0.25, -0.2) is 0 Å². The quantitative estimate of drug-likeness (QED) is 0.671. The Bertz CT molecular complexity index is 470. The van der Waals surface area contributed by atoms with Gasteiger partial charge in [-0.1, -0.05) is 62.4 Å². The predicted molar refractivity (Wildman–Crippen MR) is 95.6 cm³/mol. The van der Waals surface area contributed by atoms with Gasteiger partial charge in [0.1, 0.15) is 0 Å². The Hall–Kier alpha value is -1.24. The van der Waals surface area contributed by atoms with Crippen LogP contribution < -0.4 is 0 Å². The summed E-state index contributed by atoms with van der Waals surface area (Å²) in [6.07, 6.45) is 15.4. The van der Waals surface area contributed by atoms with E-state index in [1.165, 1.54) is 75.5 Å². The summed E-state index contributed by atoms with van der Waals surface area (Å²) in [5.74, 6) is 0.991. The molecule has 1 aromatic carbocycles. The fraction of sp³-hybridized carbons (Fsp3) is 0.619. The van der Waals surface area contributed by atoms with Crippen LogP contribution in [0.2, 0.25) is 0 Å². The third kappa shape index (κ3) is 4.15. The van der Waals surface area contributed by atoms with Gasteiger partial charge in [0.2, 0.25) is 0 Å². The molecule has 2 aliphatic rings. The fourth-order valence-corrected chi connectivity index (χ4v) is 4.28. The first-order valence-corrected chi connectivity index (χ1v) is 9.32. The third-order valence-electron chi connectivity index (χ3n) is 5.59. The predicted octanol–water partition coefficient (Wildman–Crippen LogP) is 5.87. The number of hydrogen-bond acceptors (Lipinski definition) is 1. The van der Waals surface area contributed by atoms with Crippen molar-refractivity contribution in [2.75, 3.05) is 6.54 Å². The highest BCUT2D eigenvalue weighted by Crippen LogP contribution is 2.32. The van der Waals surface area contributed by atoms with Gasteiger partial charge in [-0.2, -0.15) is 0 Å². The van der Waals surface area contributed by atoms with Crippen molar-refractivity contribution in [1.82, 2.24) is 4.90 Å². The van der Waals surface area contributed by atoms with Gasteiger partial charge >= 0.3 is 0 Å². The van der Waals surface area contributed by atoms with Gasteiger partial charge in [-0.15, -0.1) is 0 Å². The van der Waals surface area contributed by atoms with E-state index in [-0.39, 0.29) is 0 Å². The van der Waals surface area contributed by atoms with Gasteiger partial charge < -0.3 is 4.90 Å². The van der Waals surface area contributed by atoms with Gasteiger partial charge in [0.05, 0.1) is 0 Å². The lowest BCUT2D eigenvalue weighted by molar-refractivity contribution is 0.166. The number of rotatable bonds is 4. The third-order valence-corrected chi connectivity index (χ3v) is 5.59. The van der Waals surface area contributed by atoms with E-state index in [2.05, 4.69) is 48.4 Å². The van der Waals surface area contributed by atoms with Crippen LogP contribution in [0.1, 0.15) is 70.3 Å². The molecule has 1 atom stereocenters. The molecule has 1 aliphatic carbocycles. The number of nitrogens with zero attached hydrogens (tertiary/aromatic N) is 1. The maximum atomic E-state index is 2.67. The minimum atomic E-state index is 0.788. The van der Waals surface area contributed by atoms with Gasteiger partial charge in [0, 0.05) is 18.8 Å². The molecular formula is C21H31N. The minimum absolute atomic E-state index is 0.788. The Morgan fingerprint density at radius 2 is 1.73 bits per heavy atom. The molecule has 0 bridgehead atoms. The number of hydrogen-bond donors (Lipinski definition) is 0. The molecule has 3 rings (SSSR count). The molecule has 2 fully saturated rings. The zero-order valence-corrected chi connectivity index (χ0v) is 14.1. The molecule has 120 valence electrons. The highest BCUT2D eigenvalue weighted by molar-refractivity contribution is 5.63. The van der Waals surface area contributed by atoms with E-state index < -0.39 is 0 Å². The minimum Gasteiger partial charge on any atom is -0.374 e. The SMILES string of the molecule is C/C(=C\N1CCCCC1CC1CCCCC1)c1ccccc1. The summed E-state index contributed by atoms with van der Waals surface area (Å²) in [4.78, 5) is 2.67. The van der Waals surface area contributed by atoms with Crippen molar-refractivity contribution in [2.45, 2.75) is 70.8 Å². The van der Waals surface area contributed by atoms with Crippen LogP contribution >= 0.6 is 0 Å². The fourth-order valence-electron chi connectivity index (χ4n) is 4.28. The first-order valence-electron chi connectivity index (χ1n) is 9.32. The van der Waals surface area contributed by atoms with Gasteiger partial charge in [-0.3, -0.25) is 0 Å². The van der Waals surface area contributed by atoms with Crippen LogP contribution in [0, 0.1) is 5.92 Å². The molecule has 1 heteroatoms. The summed E-state index contributed by atoms with van der Waals surface area (Å²) < 4.78 is 0. The Morgan fingerprint density at radius 1 is 1.00 bits per heavy atom. The monoisotopic (exact) mass is 297 g/mol. The van der Waals surface area contributed by atoms with Crippen molar-refractivity contribution < 1.29 is 0 Å². The van der Waals surface area contributed by atoms with E-state index in [0.717, 1.165) is 12.0 Å². The average molecular weight is 297 g/mol. The summed E-state index contributed by atoms with van der Waals surface area (Å²) in [6.45, 7) is 3.52. The van der Waals surface area contributed by atoms with Crippen LogP contribution in [0.4, 0.5) is 0 Å². The molecule has 0 amide bonds. The first-order chi connectivity index (χ1) is 10.8. The summed E-state index contributed by atoms with van der Waals surface area (Å²) in [6, 6.07) is 11.6. The number of piperidine rings is 1. The molecule has 1 saturated heterocycles. The van der Waals surface area contributed by atoms with E-state index in [1.54, 1.807) is 0 Å². The van der Waals surface area contributed by atoms with Crippen LogP contribution in [-0.4, -0.2) is 17.5 Å².